The van der Waals surface area contributed by atoms with Gasteiger partial charge in [-0.25, -0.2) is 0 Å². The Bertz CT molecular complexity index is 1200. The zero-order valence-electron chi connectivity index (χ0n) is 19.8. The van der Waals surface area contributed by atoms with Crippen molar-refractivity contribution in [1.29, 1.82) is 0 Å². The van der Waals surface area contributed by atoms with Gasteiger partial charge in [-0.1, -0.05) is 6.07 Å². The molecule has 9 nitrogen and oxygen atoms in total. The molecule has 10 heteroatoms. The van der Waals surface area contributed by atoms with Gasteiger partial charge in [-0.3, -0.25) is 9.89 Å². The minimum atomic E-state index is -0.0665. The van der Waals surface area contributed by atoms with Crippen molar-refractivity contribution in [2.75, 3.05) is 47.0 Å². The molecule has 0 spiro atoms. The summed E-state index contributed by atoms with van der Waals surface area (Å²) in [5.74, 6) is 3.91. The van der Waals surface area contributed by atoms with Gasteiger partial charge in [0.2, 0.25) is 12.5 Å². The predicted molar refractivity (Wildman–Crippen MR) is 132 cm³/mol. The lowest BCUT2D eigenvalue weighted by Crippen LogP contribution is -2.33. The number of aromatic amines is 1. The average molecular weight is 498 g/mol. The Morgan fingerprint density at radius 3 is 2.54 bits per heavy atom. The molecule has 2 aromatic carbocycles. The second kappa shape index (κ2) is 9.99. The minimum absolute atomic E-state index is 0.0665. The molecule has 3 aromatic rings. The maximum absolute atomic E-state index is 13.3. The first-order chi connectivity index (χ1) is 17.1. The van der Waals surface area contributed by atoms with Crippen LogP contribution in [0.2, 0.25) is 0 Å². The van der Waals surface area contributed by atoms with Gasteiger partial charge in [0.15, 0.2) is 23.0 Å². The quantitative estimate of drug-likeness (QED) is 0.543. The zero-order chi connectivity index (χ0) is 24.4. The van der Waals surface area contributed by atoms with Gasteiger partial charge in [0, 0.05) is 29.7 Å². The van der Waals surface area contributed by atoms with Gasteiger partial charge in [0.05, 0.1) is 27.0 Å². The largest absolute Gasteiger partial charge is 0.493 e. The number of benzene rings is 2. The number of hydrogen-bond donors (Lipinski definition) is 1. The third kappa shape index (κ3) is 4.58. The van der Waals surface area contributed by atoms with Crippen LogP contribution in [0.4, 0.5) is 0 Å². The summed E-state index contributed by atoms with van der Waals surface area (Å²) in [5, 5.41) is 7.57. The smallest absolute Gasteiger partial charge is 0.271 e. The number of methoxy groups -OCH3 is 3. The molecule has 1 unspecified atom stereocenters. The molecule has 3 heterocycles. The lowest BCUT2D eigenvalue weighted by Gasteiger charge is -2.19. The minimum Gasteiger partial charge on any atom is -0.493 e. The van der Waals surface area contributed by atoms with Gasteiger partial charge >= 0.3 is 0 Å². The summed E-state index contributed by atoms with van der Waals surface area (Å²) in [6.07, 6.45) is 0.851. The molecule has 5 rings (SSSR count). The summed E-state index contributed by atoms with van der Waals surface area (Å²) >= 11 is 1.86. The number of nitrogens with one attached hydrogen (secondary N) is 1. The van der Waals surface area contributed by atoms with Crippen LogP contribution < -0.4 is 23.7 Å². The zero-order valence-corrected chi connectivity index (χ0v) is 20.6. The molecule has 2 aliphatic rings. The molecule has 1 amide bonds. The summed E-state index contributed by atoms with van der Waals surface area (Å²) in [6.45, 7) is 1.59. The first kappa shape index (κ1) is 23.2. The van der Waals surface area contributed by atoms with Crippen LogP contribution in [0.5, 0.6) is 28.7 Å². The van der Waals surface area contributed by atoms with Gasteiger partial charge in [-0.15, -0.1) is 0 Å². The number of rotatable bonds is 6. The van der Waals surface area contributed by atoms with E-state index in [0.717, 1.165) is 29.2 Å². The van der Waals surface area contributed by atoms with Crippen molar-refractivity contribution in [3.8, 4) is 40.0 Å². The van der Waals surface area contributed by atoms with Gasteiger partial charge in [-0.2, -0.15) is 16.9 Å². The van der Waals surface area contributed by atoms with E-state index in [0.29, 0.717) is 47.0 Å². The van der Waals surface area contributed by atoms with E-state index in [9.17, 15) is 4.79 Å². The third-order valence-electron chi connectivity index (χ3n) is 6.17. The second-order valence-electron chi connectivity index (χ2n) is 8.13. The molecule has 0 saturated carbocycles. The van der Waals surface area contributed by atoms with E-state index in [1.54, 1.807) is 27.4 Å². The summed E-state index contributed by atoms with van der Waals surface area (Å²) in [7, 11) is 4.69. The Balaban J connectivity index is 1.30. The Kier molecular flexibility index (Phi) is 6.63. The van der Waals surface area contributed by atoms with Crippen LogP contribution in [-0.4, -0.2) is 68.0 Å². The molecule has 1 atom stereocenters. The molecule has 35 heavy (non-hydrogen) atoms. The van der Waals surface area contributed by atoms with Crippen LogP contribution in [0.3, 0.4) is 0 Å². The average Bonchev–Trinajstić information content (AvgIpc) is 3.51. The lowest BCUT2D eigenvalue weighted by molar-refractivity contribution is 0.0760. The standard InChI is InChI=1S/C25H27N3O6S/c1-30-21-11-16(12-22(31-2)24(21)32-3)17-13-18(27-26-17)25(29)28-7-6-23(35-9-8-28)15-4-5-19-20(10-15)34-14-33-19/h4-5,10-13,23H,6-9,14H2,1-3H3,(H,26,27). The van der Waals surface area contributed by atoms with Gasteiger partial charge in [0.1, 0.15) is 5.69 Å². The summed E-state index contributed by atoms with van der Waals surface area (Å²) in [4.78, 5) is 15.2. The molecule has 2 aliphatic heterocycles. The number of carbonyl (C=O) groups excluding carboxylic acids is 1. The highest BCUT2D eigenvalue weighted by Gasteiger charge is 2.26. The Morgan fingerprint density at radius 1 is 1.03 bits per heavy atom. The van der Waals surface area contributed by atoms with Gasteiger partial charge in [0.25, 0.3) is 5.91 Å². The fourth-order valence-corrected chi connectivity index (χ4v) is 5.55. The molecular weight excluding hydrogens is 470 g/mol. The van der Waals surface area contributed by atoms with E-state index < -0.39 is 0 Å². The van der Waals surface area contributed by atoms with Crippen molar-refractivity contribution in [2.45, 2.75) is 11.7 Å². The van der Waals surface area contributed by atoms with Gasteiger partial charge in [-0.05, 0) is 42.3 Å². The molecule has 1 aromatic heterocycles. The maximum atomic E-state index is 13.3. The molecule has 0 bridgehead atoms. The van der Waals surface area contributed by atoms with Crippen molar-refractivity contribution in [3.63, 3.8) is 0 Å². The SMILES string of the molecule is COc1cc(-c2cc(C(=O)N3CCSC(c4ccc5c(c4)OCO5)CC3)[nH]n2)cc(OC)c1OC. The van der Waals surface area contributed by atoms with E-state index in [2.05, 4.69) is 22.3 Å². The topological polar surface area (TPSA) is 95.1 Å². The number of fused-ring (bicyclic) bond motifs is 1. The molecule has 184 valence electrons. The van der Waals surface area contributed by atoms with Gasteiger partial charge < -0.3 is 28.6 Å². The predicted octanol–water partition coefficient (Wildman–Crippen LogP) is 4.15. The normalized spacial score (nSPS) is 17.1. The van der Waals surface area contributed by atoms with Crippen molar-refractivity contribution in [2.24, 2.45) is 0 Å². The van der Waals surface area contributed by atoms with Crippen LogP contribution in [0.1, 0.15) is 27.7 Å². The number of nitrogens with zero attached hydrogens (tertiary/aromatic N) is 2. The Hall–Kier alpha value is -3.53. The number of H-pyrrole nitrogens is 1. The monoisotopic (exact) mass is 497 g/mol. The highest BCUT2D eigenvalue weighted by molar-refractivity contribution is 7.99. The van der Waals surface area contributed by atoms with Crippen LogP contribution in [0, 0.1) is 0 Å². The first-order valence-corrected chi connectivity index (χ1v) is 12.3. The number of amides is 1. The Labute approximate surface area is 207 Å². The molecule has 1 fully saturated rings. The number of hydrogen-bond acceptors (Lipinski definition) is 8. The van der Waals surface area contributed by atoms with Crippen LogP contribution in [0.25, 0.3) is 11.3 Å². The lowest BCUT2D eigenvalue weighted by atomic mass is 10.1. The van der Waals surface area contributed by atoms with E-state index in [-0.39, 0.29) is 12.7 Å². The van der Waals surface area contributed by atoms with Crippen molar-refractivity contribution in [1.82, 2.24) is 15.1 Å². The molecule has 0 aliphatic carbocycles. The number of carbonyl (C=O) groups is 1. The Morgan fingerprint density at radius 2 is 1.80 bits per heavy atom. The number of thioether (sulfide) groups is 1. The van der Waals surface area contributed by atoms with E-state index >= 15 is 0 Å². The van der Waals surface area contributed by atoms with Crippen molar-refractivity contribution < 1.29 is 28.5 Å². The summed E-state index contributed by atoms with van der Waals surface area (Å²) in [5.41, 5.74) is 3.01. The van der Waals surface area contributed by atoms with E-state index in [1.165, 1.54) is 5.56 Å². The molecule has 0 radical (unpaired) electrons. The highest BCUT2D eigenvalue weighted by Crippen LogP contribution is 2.42. The highest BCUT2D eigenvalue weighted by atomic mass is 32.2. The van der Waals surface area contributed by atoms with E-state index in [1.807, 2.05) is 34.9 Å². The first-order valence-electron chi connectivity index (χ1n) is 11.3. The summed E-state index contributed by atoms with van der Waals surface area (Å²) in [6, 6.07) is 11.5. The number of aromatic nitrogens is 2. The van der Waals surface area contributed by atoms with Crippen molar-refractivity contribution >= 4 is 17.7 Å². The molecular formula is C25H27N3O6S. The van der Waals surface area contributed by atoms with Crippen LogP contribution in [0.15, 0.2) is 36.4 Å². The molecule has 1 N–H and O–H groups in total. The van der Waals surface area contributed by atoms with Crippen molar-refractivity contribution in [3.05, 3.63) is 47.7 Å². The fourth-order valence-electron chi connectivity index (χ4n) is 4.33. The number of ether oxygens (including phenoxy) is 5. The third-order valence-corrected chi connectivity index (χ3v) is 7.49. The van der Waals surface area contributed by atoms with E-state index in [4.69, 9.17) is 23.7 Å². The molecule has 1 saturated heterocycles. The second-order valence-corrected chi connectivity index (χ2v) is 9.44. The van der Waals surface area contributed by atoms with Crippen LogP contribution in [-0.2, 0) is 0 Å². The fraction of sp³-hybridized carbons (Fsp3) is 0.360. The maximum Gasteiger partial charge on any atom is 0.271 e. The van der Waals surface area contributed by atoms with Crippen LogP contribution >= 0.6 is 11.8 Å². The summed E-state index contributed by atoms with van der Waals surface area (Å²) < 4.78 is 27.2.